The van der Waals surface area contributed by atoms with Gasteiger partial charge in [-0.1, -0.05) is 37.5 Å². The van der Waals surface area contributed by atoms with E-state index in [0.717, 1.165) is 0 Å². The zero-order chi connectivity index (χ0) is 16.5. The minimum Gasteiger partial charge on any atom is -0.332 e. The second-order valence-corrected chi connectivity index (χ2v) is 5.06. The molecule has 2 unspecified atom stereocenters. The van der Waals surface area contributed by atoms with Crippen LogP contribution in [0.3, 0.4) is 0 Å². The lowest BCUT2D eigenvalue weighted by Gasteiger charge is -2.41. The van der Waals surface area contributed by atoms with Crippen molar-refractivity contribution in [3.05, 3.63) is 74.9 Å². The SMILES string of the molecule is C=CCC(=C)C(N)(CC=C)OC(N)(CC=C)C(=C)CC=C. The maximum atomic E-state index is 6.37. The summed E-state index contributed by atoms with van der Waals surface area (Å²) in [6, 6.07) is 0. The molecule has 0 fully saturated rings. The first-order valence-corrected chi connectivity index (χ1v) is 6.87. The van der Waals surface area contributed by atoms with E-state index in [2.05, 4.69) is 39.5 Å². The second kappa shape index (κ2) is 8.57. The van der Waals surface area contributed by atoms with Crippen molar-refractivity contribution >= 4 is 0 Å². The Kier molecular flexibility index (Phi) is 7.89. The normalized spacial score (nSPS) is 16.1. The molecule has 0 aliphatic heterocycles. The molecule has 0 spiro atoms. The van der Waals surface area contributed by atoms with Gasteiger partial charge in [0.2, 0.25) is 0 Å². The molecule has 0 aliphatic carbocycles. The summed E-state index contributed by atoms with van der Waals surface area (Å²) in [6.45, 7) is 22.8. The third kappa shape index (κ3) is 5.31. The Morgan fingerprint density at radius 1 is 0.762 bits per heavy atom. The summed E-state index contributed by atoms with van der Waals surface area (Å²) in [5.41, 5.74) is 11.8. The van der Waals surface area contributed by atoms with E-state index in [1.165, 1.54) is 0 Å². The monoisotopic (exact) mass is 288 g/mol. The quantitative estimate of drug-likeness (QED) is 0.425. The molecular formula is C18H28N2O. The Hall–Kier alpha value is -1.68. The van der Waals surface area contributed by atoms with Crippen molar-refractivity contribution < 1.29 is 4.74 Å². The van der Waals surface area contributed by atoms with E-state index in [4.69, 9.17) is 16.2 Å². The van der Waals surface area contributed by atoms with Crippen LogP contribution in [0.1, 0.15) is 25.7 Å². The third-order valence-corrected chi connectivity index (χ3v) is 3.24. The molecule has 0 saturated heterocycles. The van der Waals surface area contributed by atoms with Gasteiger partial charge in [-0.25, -0.2) is 0 Å². The molecule has 3 nitrogen and oxygen atoms in total. The fraction of sp³-hybridized carbons (Fsp3) is 0.333. The van der Waals surface area contributed by atoms with Crippen molar-refractivity contribution in [1.82, 2.24) is 0 Å². The van der Waals surface area contributed by atoms with Crippen LogP contribution < -0.4 is 11.5 Å². The largest absolute Gasteiger partial charge is 0.332 e. The lowest BCUT2D eigenvalue weighted by atomic mass is 9.94. The molecule has 0 aromatic carbocycles. The molecule has 2 atom stereocenters. The summed E-state index contributed by atoms with van der Waals surface area (Å²) in [5, 5.41) is 0. The Morgan fingerprint density at radius 3 is 1.33 bits per heavy atom. The summed E-state index contributed by atoms with van der Waals surface area (Å²) in [4.78, 5) is 0. The highest BCUT2D eigenvalue weighted by molar-refractivity contribution is 5.21. The first kappa shape index (κ1) is 19.3. The van der Waals surface area contributed by atoms with Crippen molar-refractivity contribution in [2.24, 2.45) is 11.5 Å². The van der Waals surface area contributed by atoms with Gasteiger partial charge in [-0.15, -0.1) is 26.3 Å². The smallest absolute Gasteiger partial charge is 0.145 e. The standard InChI is InChI=1S/C18H28N2O/c1-7-11-15(5)17(19,13-9-3)21-18(20,14-10-4)16(6)12-8-2/h7-10H,1-6,11-14,19-20H2. The molecule has 0 bridgehead atoms. The van der Waals surface area contributed by atoms with E-state index < -0.39 is 11.4 Å². The van der Waals surface area contributed by atoms with Gasteiger partial charge in [0, 0.05) is 12.8 Å². The molecule has 0 amide bonds. The average Bonchev–Trinajstić information content (AvgIpc) is 2.39. The van der Waals surface area contributed by atoms with Gasteiger partial charge < -0.3 is 4.74 Å². The molecule has 0 heterocycles. The van der Waals surface area contributed by atoms with E-state index in [0.29, 0.717) is 36.8 Å². The van der Waals surface area contributed by atoms with Gasteiger partial charge in [-0.2, -0.15) is 0 Å². The zero-order valence-electron chi connectivity index (χ0n) is 12.9. The lowest BCUT2D eigenvalue weighted by molar-refractivity contribution is -0.113. The van der Waals surface area contributed by atoms with Crippen LogP contribution in [0, 0.1) is 0 Å². The van der Waals surface area contributed by atoms with Gasteiger partial charge in [0.15, 0.2) is 0 Å². The Morgan fingerprint density at radius 2 is 1.10 bits per heavy atom. The molecular weight excluding hydrogens is 260 g/mol. The highest BCUT2D eigenvalue weighted by atomic mass is 16.5. The molecule has 4 N–H and O–H groups in total. The summed E-state index contributed by atoms with van der Waals surface area (Å²) >= 11 is 0. The Bertz CT molecular complexity index is 398. The maximum absolute atomic E-state index is 6.37. The molecule has 116 valence electrons. The maximum Gasteiger partial charge on any atom is 0.145 e. The lowest BCUT2D eigenvalue weighted by Crippen LogP contribution is -2.56. The number of ether oxygens (including phenoxy) is 1. The van der Waals surface area contributed by atoms with Gasteiger partial charge in [-0.3, -0.25) is 11.5 Å². The summed E-state index contributed by atoms with van der Waals surface area (Å²) in [7, 11) is 0. The number of rotatable bonds is 12. The fourth-order valence-electron chi connectivity index (χ4n) is 1.96. The van der Waals surface area contributed by atoms with Crippen LogP contribution in [-0.4, -0.2) is 11.4 Å². The molecule has 0 radical (unpaired) electrons. The van der Waals surface area contributed by atoms with Crippen molar-refractivity contribution in [3.63, 3.8) is 0 Å². The molecule has 0 aromatic rings. The number of hydrogen-bond donors (Lipinski definition) is 2. The van der Waals surface area contributed by atoms with E-state index >= 15 is 0 Å². The summed E-state index contributed by atoms with van der Waals surface area (Å²) < 4.78 is 6.05. The molecule has 0 aliphatic rings. The highest BCUT2D eigenvalue weighted by Gasteiger charge is 2.38. The number of nitrogens with two attached hydrogens (primary N) is 2. The van der Waals surface area contributed by atoms with Crippen LogP contribution in [0.5, 0.6) is 0 Å². The molecule has 0 rings (SSSR count). The number of hydrogen-bond acceptors (Lipinski definition) is 3. The van der Waals surface area contributed by atoms with Gasteiger partial charge in [0.25, 0.3) is 0 Å². The summed E-state index contributed by atoms with van der Waals surface area (Å²) in [6.07, 6.45) is 8.64. The first-order valence-electron chi connectivity index (χ1n) is 6.87. The van der Waals surface area contributed by atoms with E-state index in [-0.39, 0.29) is 0 Å². The summed E-state index contributed by atoms with van der Waals surface area (Å²) in [5.74, 6) is 0. The average molecular weight is 288 g/mol. The Labute approximate surface area is 129 Å². The minimum absolute atomic E-state index is 0.386. The molecule has 3 heteroatoms. The van der Waals surface area contributed by atoms with Crippen molar-refractivity contribution in [2.45, 2.75) is 37.1 Å². The molecule has 21 heavy (non-hydrogen) atoms. The van der Waals surface area contributed by atoms with Crippen LogP contribution >= 0.6 is 0 Å². The Balaban J connectivity index is 5.49. The highest BCUT2D eigenvalue weighted by Crippen LogP contribution is 2.32. The van der Waals surface area contributed by atoms with Crippen molar-refractivity contribution in [2.75, 3.05) is 0 Å². The van der Waals surface area contributed by atoms with Gasteiger partial charge in [0.05, 0.1) is 0 Å². The van der Waals surface area contributed by atoms with Gasteiger partial charge in [-0.05, 0) is 24.0 Å². The van der Waals surface area contributed by atoms with Crippen LogP contribution in [0.4, 0.5) is 0 Å². The van der Waals surface area contributed by atoms with Crippen LogP contribution in [0.15, 0.2) is 74.9 Å². The predicted octanol–water partition coefficient (Wildman–Crippen LogP) is 3.73. The van der Waals surface area contributed by atoms with Gasteiger partial charge in [0.1, 0.15) is 11.4 Å². The van der Waals surface area contributed by atoms with Gasteiger partial charge >= 0.3 is 0 Å². The van der Waals surface area contributed by atoms with E-state index in [1.54, 1.807) is 24.3 Å². The van der Waals surface area contributed by atoms with Crippen LogP contribution in [0.25, 0.3) is 0 Å². The van der Waals surface area contributed by atoms with Crippen molar-refractivity contribution in [3.8, 4) is 0 Å². The van der Waals surface area contributed by atoms with Crippen LogP contribution in [-0.2, 0) is 4.74 Å². The number of allylic oxidation sites excluding steroid dienone is 2. The van der Waals surface area contributed by atoms with E-state index in [9.17, 15) is 0 Å². The predicted molar refractivity (Wildman–Crippen MR) is 92.5 cm³/mol. The second-order valence-electron chi connectivity index (χ2n) is 5.06. The first-order chi connectivity index (χ1) is 9.79. The van der Waals surface area contributed by atoms with Crippen LogP contribution in [0.2, 0.25) is 0 Å². The van der Waals surface area contributed by atoms with E-state index in [1.807, 2.05) is 0 Å². The third-order valence-electron chi connectivity index (χ3n) is 3.24. The fourth-order valence-corrected chi connectivity index (χ4v) is 1.96. The minimum atomic E-state index is -1.13. The molecule has 0 aromatic heterocycles. The van der Waals surface area contributed by atoms with Crippen molar-refractivity contribution in [1.29, 1.82) is 0 Å². The topological polar surface area (TPSA) is 61.3 Å². The molecule has 0 saturated carbocycles. The zero-order valence-corrected chi connectivity index (χ0v) is 12.9.